The van der Waals surface area contributed by atoms with E-state index < -0.39 is 0 Å². The van der Waals surface area contributed by atoms with Gasteiger partial charge in [0, 0.05) is 53.6 Å². The van der Waals surface area contributed by atoms with Gasteiger partial charge in [-0.05, 0) is 118 Å². The lowest BCUT2D eigenvalue weighted by Gasteiger charge is -2.37. The molecule has 6 unspecified atom stereocenters. The van der Waals surface area contributed by atoms with Gasteiger partial charge in [0.05, 0.1) is 5.41 Å². The summed E-state index contributed by atoms with van der Waals surface area (Å²) in [5.41, 5.74) is 6.22. The monoisotopic (exact) mass is 636 g/mol. The molecule has 0 amide bonds. The van der Waals surface area contributed by atoms with E-state index >= 15 is 0 Å². The van der Waals surface area contributed by atoms with Crippen LogP contribution in [0.4, 0.5) is 0 Å². The Balaban J connectivity index is 1.45. The van der Waals surface area contributed by atoms with E-state index in [0.29, 0.717) is 12.1 Å². The van der Waals surface area contributed by atoms with Gasteiger partial charge < -0.3 is 4.90 Å². The normalized spacial score (nSPS) is 35.1. The molecule has 0 radical (unpaired) electrons. The van der Waals surface area contributed by atoms with Crippen LogP contribution in [0.3, 0.4) is 0 Å². The van der Waals surface area contributed by atoms with Crippen molar-refractivity contribution in [3.63, 3.8) is 0 Å². The van der Waals surface area contributed by atoms with E-state index in [4.69, 9.17) is 11.6 Å². The molecule has 0 aromatic heterocycles. The smallest absolute Gasteiger partial charge is 0.182 e. The zero-order valence-electron chi connectivity index (χ0n) is 30.9. The average Bonchev–Trinajstić information content (AvgIpc) is 3.31. The third kappa shape index (κ3) is 7.27. The van der Waals surface area contributed by atoms with Crippen LogP contribution in [0, 0.1) is 46.3 Å². The Kier molecular flexibility index (Phi) is 10.9. The summed E-state index contributed by atoms with van der Waals surface area (Å²) in [7, 11) is 0. The van der Waals surface area contributed by atoms with Crippen LogP contribution in [0.2, 0.25) is 0 Å². The van der Waals surface area contributed by atoms with E-state index in [9.17, 15) is 0 Å². The molecule has 6 atom stereocenters. The summed E-state index contributed by atoms with van der Waals surface area (Å²) >= 11 is 7.32. The van der Waals surface area contributed by atoms with E-state index in [1.165, 1.54) is 82.0 Å². The van der Waals surface area contributed by atoms with Gasteiger partial charge in [-0.1, -0.05) is 79.1 Å². The Morgan fingerprint density at radius 2 is 1.49 bits per heavy atom. The molecule has 2 saturated carbocycles. The van der Waals surface area contributed by atoms with Crippen molar-refractivity contribution in [3.8, 4) is 0 Å². The van der Waals surface area contributed by atoms with Crippen LogP contribution in [0.1, 0.15) is 140 Å². The van der Waals surface area contributed by atoms with Crippen molar-refractivity contribution in [2.24, 2.45) is 46.3 Å². The van der Waals surface area contributed by atoms with Crippen LogP contribution in [-0.2, 0) is 0 Å². The third-order valence-corrected chi connectivity index (χ3v) is 13.5. The highest BCUT2D eigenvalue weighted by atomic mass is 35.5. The van der Waals surface area contributed by atoms with Gasteiger partial charge in [-0.2, -0.15) is 0 Å². The van der Waals surface area contributed by atoms with Crippen LogP contribution in [-0.4, -0.2) is 40.4 Å². The molecular formula is C42H68ClN2+. The van der Waals surface area contributed by atoms with Crippen LogP contribution in [0.15, 0.2) is 46.2 Å². The molecule has 0 spiro atoms. The highest BCUT2D eigenvalue weighted by Crippen LogP contribution is 2.55. The van der Waals surface area contributed by atoms with Gasteiger partial charge in [-0.25, -0.2) is 4.58 Å². The molecule has 5 aliphatic rings. The van der Waals surface area contributed by atoms with Gasteiger partial charge >= 0.3 is 0 Å². The first-order chi connectivity index (χ1) is 21.2. The zero-order chi connectivity index (χ0) is 32.7. The number of fused-ring (bicyclic) bond motifs is 2. The summed E-state index contributed by atoms with van der Waals surface area (Å²) in [5, 5.41) is 1.01. The van der Waals surface area contributed by atoms with Crippen molar-refractivity contribution < 1.29 is 4.58 Å². The van der Waals surface area contributed by atoms with Crippen molar-refractivity contribution in [3.05, 3.63) is 46.2 Å². The van der Waals surface area contributed by atoms with Crippen LogP contribution in [0.5, 0.6) is 0 Å². The molecule has 3 fully saturated rings. The Labute approximate surface area is 283 Å². The lowest BCUT2D eigenvalue weighted by atomic mass is 9.66. The molecule has 3 heteroatoms. The summed E-state index contributed by atoms with van der Waals surface area (Å²) < 4.78 is 2.83. The summed E-state index contributed by atoms with van der Waals surface area (Å²) in [6.07, 6.45) is 23.9. The fourth-order valence-electron chi connectivity index (χ4n) is 10.1. The van der Waals surface area contributed by atoms with E-state index in [1.54, 1.807) is 11.4 Å². The molecule has 2 heterocycles. The second kappa shape index (κ2) is 14.1. The highest BCUT2D eigenvalue weighted by molar-refractivity contribution is 6.32. The molecule has 45 heavy (non-hydrogen) atoms. The highest BCUT2D eigenvalue weighted by Gasteiger charge is 2.55. The van der Waals surface area contributed by atoms with E-state index in [1.807, 2.05) is 0 Å². The van der Waals surface area contributed by atoms with Crippen LogP contribution in [0.25, 0.3) is 0 Å². The number of halogens is 1. The van der Waals surface area contributed by atoms with Crippen molar-refractivity contribution >= 4 is 17.3 Å². The van der Waals surface area contributed by atoms with Crippen molar-refractivity contribution in [2.75, 3.05) is 13.1 Å². The Morgan fingerprint density at radius 1 is 0.822 bits per heavy atom. The number of nitrogens with zero attached hydrogens (tertiary/aromatic N) is 2. The summed E-state index contributed by atoms with van der Waals surface area (Å²) in [6.45, 7) is 26.9. The third-order valence-electron chi connectivity index (χ3n) is 13.0. The number of hydrogen-bond donors (Lipinski definition) is 0. The molecule has 252 valence electrons. The number of allylic oxidation sites excluding steroid dienone is 8. The second-order valence-electron chi connectivity index (χ2n) is 18.0. The lowest BCUT2D eigenvalue weighted by Crippen LogP contribution is -2.37. The Bertz CT molecular complexity index is 1220. The maximum Gasteiger partial charge on any atom is 0.182 e. The molecule has 1 saturated heterocycles. The lowest BCUT2D eigenvalue weighted by molar-refractivity contribution is -0.568. The van der Waals surface area contributed by atoms with Crippen LogP contribution >= 0.6 is 11.6 Å². The maximum atomic E-state index is 7.32. The fraction of sp³-hybridized carbons (Fsp3) is 0.786. The minimum Gasteiger partial charge on any atom is -0.371 e. The molecule has 2 aliphatic heterocycles. The molecule has 0 bridgehead atoms. The average molecular weight is 636 g/mol. The fourth-order valence-corrected chi connectivity index (χ4v) is 10.4. The first-order valence-corrected chi connectivity index (χ1v) is 19.5. The molecular weight excluding hydrogens is 568 g/mol. The van der Waals surface area contributed by atoms with Gasteiger partial charge in [-0.15, -0.1) is 0 Å². The maximum absolute atomic E-state index is 7.32. The SMILES string of the molecule is CC(C)CCN1/C(=C/C=C2\CCCC(/C=C/C3=[N+](CCC(C)C)C4CCC(C)CC4C3(C)C)=C2Cl)C(C)(C)C2CC(C)CCC21. The van der Waals surface area contributed by atoms with E-state index in [2.05, 4.69) is 103 Å². The van der Waals surface area contributed by atoms with Gasteiger partial charge in [0.25, 0.3) is 0 Å². The minimum absolute atomic E-state index is 0.208. The zero-order valence-corrected chi connectivity index (χ0v) is 31.6. The number of hydrogen-bond acceptors (Lipinski definition) is 1. The van der Waals surface area contributed by atoms with Gasteiger partial charge in [0.1, 0.15) is 6.54 Å². The molecule has 5 rings (SSSR count). The predicted molar refractivity (Wildman–Crippen MR) is 196 cm³/mol. The van der Waals surface area contributed by atoms with Gasteiger partial charge in [-0.3, -0.25) is 0 Å². The minimum atomic E-state index is 0.208. The van der Waals surface area contributed by atoms with Gasteiger partial charge in [0.15, 0.2) is 11.8 Å². The van der Waals surface area contributed by atoms with Crippen molar-refractivity contribution in [1.29, 1.82) is 0 Å². The molecule has 2 nitrogen and oxygen atoms in total. The van der Waals surface area contributed by atoms with Crippen molar-refractivity contribution in [2.45, 2.75) is 152 Å². The molecule has 0 N–H and O–H groups in total. The molecule has 3 aliphatic carbocycles. The number of likely N-dealkylation sites (tertiary alicyclic amines) is 1. The summed E-state index contributed by atoms with van der Waals surface area (Å²) in [6, 6.07) is 1.40. The number of rotatable bonds is 9. The molecule has 0 aromatic rings. The van der Waals surface area contributed by atoms with Crippen LogP contribution < -0.4 is 0 Å². The Morgan fingerprint density at radius 3 is 2.18 bits per heavy atom. The quantitative estimate of drug-likeness (QED) is 0.228. The van der Waals surface area contributed by atoms with E-state index in [0.717, 1.165) is 53.4 Å². The first kappa shape index (κ1) is 35.0. The standard InChI is InChI=1S/C42H68ClN2/c1-28(2)22-24-44-36-18-14-30(5)26-34(36)41(7,8)38(44)20-16-32-12-11-13-33(40(32)43)17-21-39-42(9,10)35-27-31(6)15-19-37(35)45(39)25-23-29(3)4/h16-17,20-21,28-31,34-37H,11-15,18-19,22-27H2,1-10H3/q+1. The Hall–Kier alpha value is -1.28. The molecule has 0 aromatic carbocycles. The van der Waals surface area contributed by atoms with Crippen molar-refractivity contribution in [1.82, 2.24) is 4.90 Å². The first-order valence-electron chi connectivity index (χ1n) is 19.1. The van der Waals surface area contributed by atoms with Gasteiger partial charge in [0.2, 0.25) is 0 Å². The second-order valence-corrected chi connectivity index (χ2v) is 18.4. The predicted octanol–water partition coefficient (Wildman–Crippen LogP) is 11.6. The summed E-state index contributed by atoms with van der Waals surface area (Å²) in [5.74, 6) is 4.66. The topological polar surface area (TPSA) is 6.25 Å². The summed E-state index contributed by atoms with van der Waals surface area (Å²) in [4.78, 5) is 2.83. The largest absolute Gasteiger partial charge is 0.371 e. The van der Waals surface area contributed by atoms with E-state index in [-0.39, 0.29) is 10.8 Å².